The molecule has 0 aromatic rings. The zero-order valence-electron chi connectivity index (χ0n) is 9.74. The van der Waals surface area contributed by atoms with Crippen LogP contribution in [0.2, 0.25) is 0 Å². The molecule has 3 heteroatoms. The highest BCUT2D eigenvalue weighted by Gasteiger charge is 2.03. The van der Waals surface area contributed by atoms with Gasteiger partial charge in [0.05, 0.1) is 6.10 Å². The Balaban J connectivity index is 3.12. The molecule has 2 N–H and O–H groups in total. The summed E-state index contributed by atoms with van der Waals surface area (Å²) in [4.78, 5) is 10.2. The van der Waals surface area contributed by atoms with Gasteiger partial charge < -0.3 is 10.2 Å². The van der Waals surface area contributed by atoms with Crippen LogP contribution >= 0.6 is 0 Å². The van der Waals surface area contributed by atoms with Crippen molar-refractivity contribution in [3.63, 3.8) is 0 Å². The number of aliphatic hydroxyl groups excluding tert-OH is 1. The molecule has 0 amide bonds. The molecule has 3 nitrogen and oxygen atoms in total. The maximum absolute atomic E-state index is 10.2. The number of unbranched alkanes of at least 4 members (excludes halogenated alkanes) is 4. The molecule has 0 heterocycles. The van der Waals surface area contributed by atoms with E-state index in [2.05, 4.69) is 6.92 Å². The van der Waals surface area contributed by atoms with E-state index in [0.717, 1.165) is 51.4 Å². The van der Waals surface area contributed by atoms with Gasteiger partial charge in [0, 0.05) is 6.42 Å². The first kappa shape index (κ1) is 14.4. The smallest absolute Gasteiger partial charge is 0.303 e. The first-order valence-electron chi connectivity index (χ1n) is 6.06. The topological polar surface area (TPSA) is 57.5 Å². The molecule has 1 atom stereocenters. The number of rotatable bonds is 10. The van der Waals surface area contributed by atoms with Crippen molar-refractivity contribution in [2.24, 2.45) is 0 Å². The van der Waals surface area contributed by atoms with Gasteiger partial charge in [0.15, 0.2) is 0 Å². The first-order chi connectivity index (χ1) is 7.16. The molecule has 0 aromatic heterocycles. The average Bonchev–Trinajstić information content (AvgIpc) is 2.19. The highest BCUT2D eigenvalue weighted by atomic mass is 16.4. The van der Waals surface area contributed by atoms with Gasteiger partial charge in [0.1, 0.15) is 0 Å². The summed E-state index contributed by atoms with van der Waals surface area (Å²) in [5.41, 5.74) is 0. The fourth-order valence-corrected chi connectivity index (χ4v) is 1.59. The Kier molecular flexibility index (Phi) is 9.59. The van der Waals surface area contributed by atoms with Crippen LogP contribution in [0, 0.1) is 0 Å². The summed E-state index contributed by atoms with van der Waals surface area (Å²) in [7, 11) is 0. The fraction of sp³-hybridized carbons (Fsp3) is 0.917. The summed E-state index contributed by atoms with van der Waals surface area (Å²) < 4.78 is 0. The van der Waals surface area contributed by atoms with Gasteiger partial charge in [-0.1, -0.05) is 39.0 Å². The first-order valence-corrected chi connectivity index (χ1v) is 6.06. The summed E-state index contributed by atoms with van der Waals surface area (Å²) in [6.07, 6.45) is 7.92. The number of hydrogen-bond donors (Lipinski definition) is 2. The van der Waals surface area contributed by atoms with Crippen LogP contribution in [0.4, 0.5) is 0 Å². The van der Waals surface area contributed by atoms with Gasteiger partial charge in [-0.3, -0.25) is 4.79 Å². The molecular formula is C12H24O3. The van der Waals surface area contributed by atoms with Gasteiger partial charge in [-0.2, -0.15) is 0 Å². The third-order valence-electron chi connectivity index (χ3n) is 2.57. The second-order valence-electron chi connectivity index (χ2n) is 4.14. The highest BCUT2D eigenvalue weighted by molar-refractivity contribution is 5.66. The van der Waals surface area contributed by atoms with E-state index in [1.807, 2.05) is 0 Å². The average molecular weight is 216 g/mol. The Labute approximate surface area is 92.5 Å². The molecule has 90 valence electrons. The van der Waals surface area contributed by atoms with E-state index in [1.165, 1.54) is 0 Å². The van der Waals surface area contributed by atoms with E-state index in [4.69, 9.17) is 5.11 Å². The van der Waals surface area contributed by atoms with Crippen LogP contribution in [0.1, 0.15) is 64.7 Å². The van der Waals surface area contributed by atoms with Crippen molar-refractivity contribution in [1.29, 1.82) is 0 Å². The molecule has 0 bridgehead atoms. The summed E-state index contributed by atoms with van der Waals surface area (Å²) in [5, 5.41) is 17.9. The van der Waals surface area contributed by atoms with Crippen LogP contribution < -0.4 is 0 Å². The molecule has 0 saturated heterocycles. The van der Waals surface area contributed by atoms with E-state index in [9.17, 15) is 9.90 Å². The van der Waals surface area contributed by atoms with Crippen molar-refractivity contribution in [3.05, 3.63) is 0 Å². The Morgan fingerprint density at radius 1 is 1.07 bits per heavy atom. The molecule has 15 heavy (non-hydrogen) atoms. The quantitative estimate of drug-likeness (QED) is 0.552. The van der Waals surface area contributed by atoms with Crippen LogP contribution in [0.3, 0.4) is 0 Å². The third-order valence-corrected chi connectivity index (χ3v) is 2.57. The Bertz CT molecular complexity index is 157. The van der Waals surface area contributed by atoms with E-state index in [0.29, 0.717) is 0 Å². The van der Waals surface area contributed by atoms with E-state index < -0.39 is 5.97 Å². The number of aliphatic carboxylic acids is 1. The molecule has 0 aliphatic carbocycles. The maximum atomic E-state index is 10.2. The summed E-state index contributed by atoms with van der Waals surface area (Å²) in [6, 6.07) is 0. The second kappa shape index (κ2) is 9.97. The van der Waals surface area contributed by atoms with Crippen LogP contribution in [0.15, 0.2) is 0 Å². The van der Waals surface area contributed by atoms with E-state index >= 15 is 0 Å². The lowest BCUT2D eigenvalue weighted by Crippen LogP contribution is -2.05. The van der Waals surface area contributed by atoms with Gasteiger partial charge in [-0.25, -0.2) is 0 Å². The van der Waals surface area contributed by atoms with Gasteiger partial charge in [0.2, 0.25) is 0 Å². The maximum Gasteiger partial charge on any atom is 0.303 e. The second-order valence-corrected chi connectivity index (χ2v) is 4.14. The molecule has 1 unspecified atom stereocenters. The minimum atomic E-state index is -0.710. The molecule has 0 radical (unpaired) electrons. The van der Waals surface area contributed by atoms with Crippen LogP contribution in [-0.2, 0) is 4.79 Å². The minimum absolute atomic E-state index is 0.149. The van der Waals surface area contributed by atoms with Crippen LogP contribution in [0.25, 0.3) is 0 Å². The number of aliphatic hydroxyl groups is 1. The lowest BCUT2D eigenvalue weighted by molar-refractivity contribution is -0.137. The molecule has 0 spiro atoms. The summed E-state index contributed by atoms with van der Waals surface area (Å²) >= 11 is 0. The lowest BCUT2D eigenvalue weighted by atomic mass is 10.0. The lowest BCUT2D eigenvalue weighted by Gasteiger charge is -2.08. The number of carboxylic acid groups (broad SMARTS) is 1. The normalized spacial score (nSPS) is 12.7. The van der Waals surface area contributed by atoms with Gasteiger partial charge in [-0.05, 0) is 19.3 Å². The van der Waals surface area contributed by atoms with Crippen LogP contribution in [0.5, 0.6) is 0 Å². The fourth-order valence-electron chi connectivity index (χ4n) is 1.59. The Morgan fingerprint density at radius 3 is 2.27 bits per heavy atom. The zero-order chi connectivity index (χ0) is 11.5. The highest BCUT2D eigenvalue weighted by Crippen LogP contribution is 2.11. The molecule has 0 aliphatic rings. The molecule has 0 aromatic carbocycles. The molecule has 0 saturated carbocycles. The largest absolute Gasteiger partial charge is 0.481 e. The predicted molar refractivity (Wildman–Crippen MR) is 60.9 cm³/mol. The zero-order valence-corrected chi connectivity index (χ0v) is 9.74. The van der Waals surface area contributed by atoms with Gasteiger partial charge >= 0.3 is 5.97 Å². The predicted octanol–water partition coefficient (Wildman–Crippen LogP) is 2.96. The number of carboxylic acids is 1. The molecule has 0 rings (SSSR count). The standard InChI is InChI=1S/C12H24O3/c1-2-3-8-11(13)9-6-4-5-7-10-12(14)15/h11,13H,2-10H2,1H3,(H,14,15). The van der Waals surface area contributed by atoms with Crippen molar-refractivity contribution in [3.8, 4) is 0 Å². The monoisotopic (exact) mass is 216 g/mol. The number of hydrogen-bond acceptors (Lipinski definition) is 2. The third kappa shape index (κ3) is 11.4. The van der Waals surface area contributed by atoms with Crippen LogP contribution in [-0.4, -0.2) is 22.3 Å². The SMILES string of the molecule is CCCCC(O)CCCCCCC(=O)O. The van der Waals surface area contributed by atoms with Crippen molar-refractivity contribution in [1.82, 2.24) is 0 Å². The van der Waals surface area contributed by atoms with E-state index in [1.54, 1.807) is 0 Å². The molecular weight excluding hydrogens is 192 g/mol. The van der Waals surface area contributed by atoms with Gasteiger partial charge in [0.25, 0.3) is 0 Å². The summed E-state index contributed by atoms with van der Waals surface area (Å²) in [6.45, 7) is 2.12. The molecule has 0 aliphatic heterocycles. The number of carbonyl (C=O) groups is 1. The Hall–Kier alpha value is -0.570. The van der Waals surface area contributed by atoms with E-state index in [-0.39, 0.29) is 12.5 Å². The van der Waals surface area contributed by atoms with Crippen molar-refractivity contribution in [2.75, 3.05) is 0 Å². The van der Waals surface area contributed by atoms with Crippen molar-refractivity contribution >= 4 is 5.97 Å². The Morgan fingerprint density at radius 2 is 1.67 bits per heavy atom. The van der Waals surface area contributed by atoms with Crippen molar-refractivity contribution < 1.29 is 15.0 Å². The van der Waals surface area contributed by atoms with Gasteiger partial charge in [-0.15, -0.1) is 0 Å². The molecule has 0 fully saturated rings. The van der Waals surface area contributed by atoms with Crippen molar-refractivity contribution in [2.45, 2.75) is 70.8 Å². The summed E-state index contributed by atoms with van der Waals surface area (Å²) in [5.74, 6) is -0.710. The minimum Gasteiger partial charge on any atom is -0.481 e.